The standard InChI is InChI=1S/C12H11Cl2N3O/c1-6-3-8(13)4-7(2)10(6)18-11-9(14)5-16-12(15)17-11/h3-5H,1-2H3,(H2,15,16,17). The van der Waals surface area contributed by atoms with Gasteiger partial charge in [-0.05, 0) is 37.1 Å². The van der Waals surface area contributed by atoms with Crippen LogP contribution >= 0.6 is 23.2 Å². The topological polar surface area (TPSA) is 61.0 Å². The molecule has 0 radical (unpaired) electrons. The molecule has 0 aliphatic carbocycles. The third-order valence-corrected chi connectivity index (χ3v) is 2.83. The second kappa shape index (κ2) is 5.00. The van der Waals surface area contributed by atoms with Crippen LogP contribution in [0.3, 0.4) is 0 Å². The molecule has 0 spiro atoms. The first kappa shape index (κ1) is 12.9. The Morgan fingerprint density at radius 2 is 1.78 bits per heavy atom. The van der Waals surface area contributed by atoms with Crippen LogP contribution in [0.5, 0.6) is 11.6 Å². The molecule has 0 fully saturated rings. The lowest BCUT2D eigenvalue weighted by Gasteiger charge is -2.12. The Morgan fingerprint density at radius 1 is 1.17 bits per heavy atom. The fraction of sp³-hybridized carbons (Fsp3) is 0.167. The molecule has 0 atom stereocenters. The van der Waals surface area contributed by atoms with E-state index in [9.17, 15) is 0 Å². The molecule has 94 valence electrons. The van der Waals surface area contributed by atoms with Crippen LogP contribution in [0.2, 0.25) is 10.0 Å². The van der Waals surface area contributed by atoms with Crippen molar-refractivity contribution in [1.29, 1.82) is 0 Å². The molecule has 0 aliphatic rings. The smallest absolute Gasteiger partial charge is 0.243 e. The molecule has 2 rings (SSSR count). The van der Waals surface area contributed by atoms with Crippen molar-refractivity contribution in [2.75, 3.05) is 5.73 Å². The van der Waals surface area contributed by atoms with E-state index in [1.807, 2.05) is 26.0 Å². The quantitative estimate of drug-likeness (QED) is 0.911. The van der Waals surface area contributed by atoms with E-state index in [0.717, 1.165) is 11.1 Å². The highest BCUT2D eigenvalue weighted by Gasteiger charge is 2.11. The number of aromatic nitrogens is 2. The zero-order chi connectivity index (χ0) is 13.3. The van der Waals surface area contributed by atoms with E-state index in [0.29, 0.717) is 15.8 Å². The van der Waals surface area contributed by atoms with E-state index in [4.69, 9.17) is 33.7 Å². The summed E-state index contributed by atoms with van der Waals surface area (Å²) in [4.78, 5) is 7.73. The van der Waals surface area contributed by atoms with Gasteiger partial charge in [0.2, 0.25) is 11.8 Å². The maximum atomic E-state index is 5.95. The van der Waals surface area contributed by atoms with Crippen LogP contribution in [0.4, 0.5) is 5.95 Å². The van der Waals surface area contributed by atoms with E-state index < -0.39 is 0 Å². The summed E-state index contributed by atoms with van der Waals surface area (Å²) in [6.07, 6.45) is 1.40. The van der Waals surface area contributed by atoms with Crippen LogP contribution in [-0.4, -0.2) is 9.97 Å². The second-order valence-electron chi connectivity index (χ2n) is 3.85. The zero-order valence-corrected chi connectivity index (χ0v) is 11.4. The van der Waals surface area contributed by atoms with Crippen molar-refractivity contribution in [1.82, 2.24) is 9.97 Å². The van der Waals surface area contributed by atoms with Gasteiger partial charge in [-0.2, -0.15) is 4.98 Å². The molecule has 2 aromatic rings. The summed E-state index contributed by atoms with van der Waals surface area (Å²) in [5.74, 6) is 1.01. The molecule has 18 heavy (non-hydrogen) atoms. The molecule has 0 aliphatic heterocycles. The van der Waals surface area contributed by atoms with Crippen molar-refractivity contribution in [2.24, 2.45) is 0 Å². The number of rotatable bonds is 2. The highest BCUT2D eigenvalue weighted by atomic mass is 35.5. The highest BCUT2D eigenvalue weighted by Crippen LogP contribution is 2.33. The Morgan fingerprint density at radius 3 is 2.39 bits per heavy atom. The number of ether oxygens (including phenoxy) is 1. The molecule has 0 saturated carbocycles. The summed E-state index contributed by atoms with van der Waals surface area (Å²) < 4.78 is 5.68. The van der Waals surface area contributed by atoms with Crippen LogP contribution in [0.1, 0.15) is 11.1 Å². The first-order valence-corrected chi connectivity index (χ1v) is 5.95. The minimum absolute atomic E-state index is 0.110. The van der Waals surface area contributed by atoms with Gasteiger partial charge in [0.05, 0.1) is 6.20 Å². The van der Waals surface area contributed by atoms with Crippen molar-refractivity contribution < 1.29 is 4.74 Å². The van der Waals surface area contributed by atoms with Crippen molar-refractivity contribution in [3.63, 3.8) is 0 Å². The van der Waals surface area contributed by atoms with Crippen LogP contribution in [0.25, 0.3) is 0 Å². The van der Waals surface area contributed by atoms with E-state index in [1.54, 1.807) is 0 Å². The van der Waals surface area contributed by atoms with Gasteiger partial charge in [-0.15, -0.1) is 0 Å². The Kier molecular flexibility index (Phi) is 3.59. The zero-order valence-electron chi connectivity index (χ0n) is 9.87. The number of hydrogen-bond donors (Lipinski definition) is 1. The van der Waals surface area contributed by atoms with Gasteiger partial charge in [0.25, 0.3) is 0 Å². The number of anilines is 1. The van der Waals surface area contributed by atoms with E-state index >= 15 is 0 Å². The maximum absolute atomic E-state index is 5.95. The summed E-state index contributed by atoms with van der Waals surface area (Å²) in [5.41, 5.74) is 7.29. The van der Waals surface area contributed by atoms with E-state index in [2.05, 4.69) is 9.97 Å². The Hall–Kier alpha value is -1.52. The molecule has 1 aromatic heterocycles. The highest BCUT2D eigenvalue weighted by molar-refractivity contribution is 6.31. The van der Waals surface area contributed by atoms with Crippen molar-refractivity contribution >= 4 is 29.2 Å². The summed E-state index contributed by atoms with van der Waals surface area (Å²) in [7, 11) is 0. The molecular weight excluding hydrogens is 273 g/mol. The van der Waals surface area contributed by atoms with Gasteiger partial charge in [0.1, 0.15) is 10.8 Å². The number of nitrogens with two attached hydrogens (primary N) is 1. The van der Waals surface area contributed by atoms with Gasteiger partial charge in [-0.3, -0.25) is 0 Å². The van der Waals surface area contributed by atoms with Gasteiger partial charge in [0, 0.05) is 5.02 Å². The van der Waals surface area contributed by atoms with Crippen molar-refractivity contribution in [3.05, 3.63) is 39.5 Å². The third-order valence-electron chi connectivity index (χ3n) is 2.35. The fourth-order valence-electron chi connectivity index (χ4n) is 1.59. The minimum atomic E-state index is 0.110. The number of nitrogens with zero attached hydrogens (tertiary/aromatic N) is 2. The second-order valence-corrected chi connectivity index (χ2v) is 4.70. The third kappa shape index (κ3) is 2.66. The molecule has 2 N–H and O–H groups in total. The van der Waals surface area contributed by atoms with Gasteiger partial charge in [0.15, 0.2) is 0 Å². The first-order valence-electron chi connectivity index (χ1n) is 5.20. The summed E-state index contributed by atoms with van der Waals surface area (Å²) in [6.45, 7) is 3.79. The number of hydrogen-bond acceptors (Lipinski definition) is 4. The Labute approximate surface area is 115 Å². The van der Waals surface area contributed by atoms with Crippen LogP contribution in [-0.2, 0) is 0 Å². The first-order chi connectivity index (χ1) is 8.47. The van der Waals surface area contributed by atoms with Crippen molar-refractivity contribution in [2.45, 2.75) is 13.8 Å². The number of nitrogen functional groups attached to an aromatic ring is 1. The molecule has 0 saturated heterocycles. The van der Waals surface area contributed by atoms with Gasteiger partial charge < -0.3 is 10.5 Å². The lowest BCUT2D eigenvalue weighted by atomic mass is 10.1. The molecular formula is C12H11Cl2N3O. The lowest BCUT2D eigenvalue weighted by molar-refractivity contribution is 0.456. The number of aryl methyl sites for hydroxylation is 2. The minimum Gasteiger partial charge on any atom is -0.437 e. The molecule has 0 unspecified atom stereocenters. The average molecular weight is 284 g/mol. The lowest BCUT2D eigenvalue weighted by Crippen LogP contribution is -1.99. The van der Waals surface area contributed by atoms with Gasteiger partial charge >= 0.3 is 0 Å². The summed E-state index contributed by atoms with van der Waals surface area (Å²) in [6, 6.07) is 3.62. The molecule has 0 amide bonds. The molecule has 4 nitrogen and oxygen atoms in total. The largest absolute Gasteiger partial charge is 0.437 e. The number of benzene rings is 1. The average Bonchev–Trinajstić information content (AvgIpc) is 2.28. The van der Waals surface area contributed by atoms with Gasteiger partial charge in [-0.1, -0.05) is 23.2 Å². The van der Waals surface area contributed by atoms with Crippen LogP contribution < -0.4 is 10.5 Å². The molecule has 0 bridgehead atoms. The molecule has 1 aromatic carbocycles. The molecule has 6 heteroatoms. The Balaban J connectivity index is 2.43. The van der Waals surface area contributed by atoms with Crippen LogP contribution in [0, 0.1) is 13.8 Å². The molecule has 1 heterocycles. The Bertz CT molecular complexity index is 579. The normalized spacial score (nSPS) is 10.4. The van der Waals surface area contributed by atoms with Crippen LogP contribution in [0.15, 0.2) is 18.3 Å². The summed E-state index contributed by atoms with van der Waals surface area (Å²) >= 11 is 11.9. The monoisotopic (exact) mass is 283 g/mol. The van der Waals surface area contributed by atoms with Crippen molar-refractivity contribution in [3.8, 4) is 11.6 Å². The summed E-state index contributed by atoms with van der Waals surface area (Å²) in [5, 5.41) is 0.962. The van der Waals surface area contributed by atoms with E-state index in [1.165, 1.54) is 6.20 Å². The van der Waals surface area contributed by atoms with E-state index in [-0.39, 0.29) is 11.8 Å². The predicted molar refractivity (Wildman–Crippen MR) is 72.5 cm³/mol. The SMILES string of the molecule is Cc1cc(Cl)cc(C)c1Oc1nc(N)ncc1Cl. The predicted octanol–water partition coefficient (Wildman–Crippen LogP) is 3.77. The maximum Gasteiger partial charge on any atom is 0.243 e. The fourth-order valence-corrected chi connectivity index (χ4v) is 2.05. The number of halogens is 2. The van der Waals surface area contributed by atoms with Gasteiger partial charge in [-0.25, -0.2) is 4.98 Å².